The molecule has 11 heteroatoms. The largest absolute Gasteiger partial charge is 0.493 e. The van der Waals surface area contributed by atoms with Gasteiger partial charge >= 0.3 is 0 Å². The first kappa shape index (κ1) is 27.3. The quantitative estimate of drug-likeness (QED) is 0.450. The molecule has 2 aromatic carbocycles. The van der Waals surface area contributed by atoms with E-state index in [9.17, 15) is 18.0 Å². The zero-order chi connectivity index (χ0) is 26.1. The van der Waals surface area contributed by atoms with Crippen LogP contribution in [0.2, 0.25) is 0 Å². The molecule has 2 amide bonds. The topological polar surface area (TPSA) is 114 Å². The van der Waals surface area contributed by atoms with Crippen LogP contribution in [0.15, 0.2) is 42.5 Å². The van der Waals surface area contributed by atoms with Gasteiger partial charge in [-0.15, -0.1) is 0 Å². The summed E-state index contributed by atoms with van der Waals surface area (Å²) in [5, 5.41) is 2.78. The molecule has 0 saturated carbocycles. The molecule has 1 aliphatic heterocycles. The first-order valence-electron chi connectivity index (χ1n) is 11.7. The van der Waals surface area contributed by atoms with E-state index in [1.807, 2.05) is 18.2 Å². The zero-order valence-electron chi connectivity index (χ0n) is 20.9. The molecular formula is C25H33N3O7S. The fraction of sp³-hybridized carbons (Fsp3) is 0.440. The lowest BCUT2D eigenvalue weighted by molar-refractivity contribution is -0.119. The van der Waals surface area contributed by atoms with Gasteiger partial charge in [-0.2, -0.15) is 0 Å². The Kier molecular flexibility index (Phi) is 9.54. The van der Waals surface area contributed by atoms with Crippen molar-refractivity contribution in [2.24, 2.45) is 0 Å². The minimum Gasteiger partial charge on any atom is -0.493 e. The second kappa shape index (κ2) is 12.6. The number of aryl methyl sites for hydroxylation is 1. The minimum atomic E-state index is -3.72. The highest BCUT2D eigenvalue weighted by molar-refractivity contribution is 7.92. The number of nitrogens with zero attached hydrogens (tertiary/aromatic N) is 2. The summed E-state index contributed by atoms with van der Waals surface area (Å²) in [7, 11) is -0.570. The lowest BCUT2D eigenvalue weighted by atomic mass is 10.1. The van der Waals surface area contributed by atoms with Crippen LogP contribution in [0.1, 0.15) is 22.3 Å². The molecular weight excluding hydrogens is 486 g/mol. The summed E-state index contributed by atoms with van der Waals surface area (Å²) >= 11 is 0. The van der Waals surface area contributed by atoms with Crippen LogP contribution < -0.4 is 19.1 Å². The highest BCUT2D eigenvalue weighted by Crippen LogP contribution is 2.28. The monoisotopic (exact) mass is 519 g/mol. The lowest BCUT2D eigenvalue weighted by Gasteiger charge is -2.27. The zero-order valence-corrected chi connectivity index (χ0v) is 21.7. The predicted molar refractivity (Wildman–Crippen MR) is 136 cm³/mol. The molecule has 1 N–H and O–H groups in total. The van der Waals surface area contributed by atoms with Crippen molar-refractivity contribution in [1.29, 1.82) is 0 Å². The van der Waals surface area contributed by atoms with Crippen molar-refractivity contribution in [2.45, 2.75) is 12.8 Å². The van der Waals surface area contributed by atoms with Crippen LogP contribution >= 0.6 is 0 Å². The van der Waals surface area contributed by atoms with Gasteiger partial charge in [-0.1, -0.05) is 6.07 Å². The number of amides is 2. The Balaban J connectivity index is 1.55. The number of anilines is 1. The summed E-state index contributed by atoms with van der Waals surface area (Å²) in [6.45, 7) is 2.05. The number of sulfonamides is 1. The average molecular weight is 520 g/mol. The molecule has 0 spiro atoms. The summed E-state index contributed by atoms with van der Waals surface area (Å²) in [5.41, 5.74) is 1.80. The lowest BCUT2D eigenvalue weighted by Crippen LogP contribution is -2.41. The third-order valence-corrected chi connectivity index (χ3v) is 6.94. The van der Waals surface area contributed by atoms with E-state index in [0.717, 1.165) is 16.1 Å². The number of rotatable bonds is 11. The van der Waals surface area contributed by atoms with E-state index in [1.165, 1.54) is 0 Å². The highest BCUT2D eigenvalue weighted by atomic mass is 32.2. The molecule has 2 aromatic rings. The predicted octanol–water partition coefficient (Wildman–Crippen LogP) is 1.69. The molecule has 10 nitrogen and oxygen atoms in total. The fourth-order valence-corrected chi connectivity index (χ4v) is 4.72. The molecule has 1 fully saturated rings. The van der Waals surface area contributed by atoms with E-state index in [4.69, 9.17) is 14.2 Å². The van der Waals surface area contributed by atoms with Crippen molar-refractivity contribution in [3.63, 3.8) is 0 Å². The molecule has 1 saturated heterocycles. The van der Waals surface area contributed by atoms with E-state index in [-0.39, 0.29) is 12.5 Å². The first-order valence-corrected chi connectivity index (χ1v) is 13.5. The number of methoxy groups -OCH3 is 2. The van der Waals surface area contributed by atoms with Crippen molar-refractivity contribution in [3.8, 4) is 11.5 Å². The molecule has 36 heavy (non-hydrogen) atoms. The maximum atomic E-state index is 12.6. The van der Waals surface area contributed by atoms with Gasteiger partial charge in [-0.25, -0.2) is 8.42 Å². The van der Waals surface area contributed by atoms with Crippen molar-refractivity contribution in [3.05, 3.63) is 53.6 Å². The first-order chi connectivity index (χ1) is 17.2. The second-order valence-corrected chi connectivity index (χ2v) is 10.3. The van der Waals surface area contributed by atoms with Crippen LogP contribution in [0.5, 0.6) is 11.5 Å². The number of ether oxygens (including phenoxy) is 3. The number of benzene rings is 2. The number of hydrogen-bond acceptors (Lipinski definition) is 7. The number of carbonyl (C=O) groups is 2. The second-order valence-electron chi connectivity index (χ2n) is 8.36. The summed E-state index contributed by atoms with van der Waals surface area (Å²) in [6, 6.07) is 11.9. The molecule has 3 rings (SSSR count). The van der Waals surface area contributed by atoms with Gasteiger partial charge in [0.15, 0.2) is 11.5 Å². The van der Waals surface area contributed by atoms with E-state index in [2.05, 4.69) is 5.32 Å². The maximum Gasteiger partial charge on any atom is 0.254 e. The maximum absolute atomic E-state index is 12.6. The SMILES string of the molecule is COc1ccc(CCCNC(=O)CN(c2ccc(C(=O)N3CCOCC3)cc2)S(C)(=O)=O)cc1OC. The van der Waals surface area contributed by atoms with E-state index in [0.29, 0.717) is 68.4 Å². The third kappa shape index (κ3) is 7.34. The normalized spacial score (nSPS) is 13.7. The standard InChI is InChI=1S/C25H33N3O7S/c1-33-22-11-6-19(17-23(22)34-2)5-4-12-26-24(29)18-28(36(3,31)32)21-9-7-20(8-10-21)25(30)27-13-15-35-16-14-27/h6-11,17H,4-5,12-16,18H2,1-3H3,(H,26,29). The summed E-state index contributed by atoms with van der Waals surface area (Å²) in [6.07, 6.45) is 2.41. The number of nitrogens with one attached hydrogen (secondary N) is 1. The molecule has 0 aliphatic carbocycles. The van der Waals surface area contributed by atoms with Crippen molar-refractivity contribution < 1.29 is 32.2 Å². The van der Waals surface area contributed by atoms with Crippen LogP contribution in [0.4, 0.5) is 5.69 Å². The van der Waals surface area contributed by atoms with Crippen LogP contribution in [0.25, 0.3) is 0 Å². The highest BCUT2D eigenvalue weighted by Gasteiger charge is 2.22. The molecule has 0 aromatic heterocycles. The number of carbonyl (C=O) groups excluding carboxylic acids is 2. The molecule has 196 valence electrons. The molecule has 0 atom stereocenters. The number of morpholine rings is 1. The van der Waals surface area contributed by atoms with Crippen LogP contribution in [-0.2, 0) is 26.0 Å². The Morgan fingerprint density at radius 1 is 1.03 bits per heavy atom. The van der Waals surface area contributed by atoms with Gasteiger partial charge in [0.05, 0.1) is 39.4 Å². The third-order valence-electron chi connectivity index (χ3n) is 5.80. The molecule has 1 aliphatic rings. The van der Waals surface area contributed by atoms with Crippen molar-refractivity contribution in [2.75, 3.05) is 64.2 Å². The fourth-order valence-electron chi connectivity index (χ4n) is 3.86. The van der Waals surface area contributed by atoms with E-state index in [1.54, 1.807) is 43.4 Å². The van der Waals surface area contributed by atoms with E-state index < -0.39 is 15.9 Å². The molecule has 0 bridgehead atoms. The Labute approximate surface area is 212 Å². The Bertz CT molecular complexity index is 1150. The molecule has 0 radical (unpaired) electrons. The van der Waals surface area contributed by atoms with Gasteiger partial charge in [0.2, 0.25) is 15.9 Å². The minimum absolute atomic E-state index is 0.136. The van der Waals surface area contributed by atoms with Gasteiger partial charge in [-0.3, -0.25) is 13.9 Å². The van der Waals surface area contributed by atoms with Crippen molar-refractivity contribution >= 4 is 27.5 Å². The average Bonchev–Trinajstić information content (AvgIpc) is 2.89. The summed E-state index contributed by atoms with van der Waals surface area (Å²) < 4.78 is 41.6. The number of hydrogen-bond donors (Lipinski definition) is 1. The molecule has 0 unspecified atom stereocenters. The van der Waals surface area contributed by atoms with Crippen LogP contribution in [0, 0.1) is 0 Å². The van der Waals surface area contributed by atoms with Gasteiger partial charge in [0, 0.05) is 25.2 Å². The van der Waals surface area contributed by atoms with Crippen LogP contribution in [-0.4, -0.2) is 85.0 Å². The van der Waals surface area contributed by atoms with E-state index >= 15 is 0 Å². The van der Waals surface area contributed by atoms with Gasteiger partial charge < -0.3 is 24.4 Å². The van der Waals surface area contributed by atoms with Gasteiger partial charge in [-0.05, 0) is 54.8 Å². The van der Waals surface area contributed by atoms with Crippen LogP contribution in [0.3, 0.4) is 0 Å². The van der Waals surface area contributed by atoms with Gasteiger partial charge in [0.25, 0.3) is 5.91 Å². The van der Waals surface area contributed by atoms with Crippen molar-refractivity contribution in [1.82, 2.24) is 10.2 Å². The Hall–Kier alpha value is -3.31. The summed E-state index contributed by atoms with van der Waals surface area (Å²) in [4.78, 5) is 26.9. The van der Waals surface area contributed by atoms with Gasteiger partial charge in [0.1, 0.15) is 6.54 Å². The Morgan fingerprint density at radius 3 is 2.31 bits per heavy atom. The Morgan fingerprint density at radius 2 is 1.69 bits per heavy atom. The summed E-state index contributed by atoms with van der Waals surface area (Å²) in [5.74, 6) is 0.735. The molecule has 1 heterocycles. The smallest absolute Gasteiger partial charge is 0.254 e.